The largest absolute Gasteiger partial charge is 0.441 e. The van der Waals surface area contributed by atoms with E-state index in [1.807, 2.05) is 0 Å². The van der Waals surface area contributed by atoms with E-state index in [0.29, 0.717) is 0 Å². The molecule has 0 aromatic carbocycles. The van der Waals surface area contributed by atoms with Gasteiger partial charge in [0.1, 0.15) is 0 Å². The fraction of sp³-hybridized carbons (Fsp3) is 0.400. The minimum atomic E-state index is -0.863. The highest BCUT2D eigenvalue weighted by atomic mass is 35.5. The van der Waals surface area contributed by atoms with E-state index < -0.39 is 5.43 Å². The lowest BCUT2D eigenvalue weighted by Crippen LogP contribution is -1.91. The second-order valence-electron chi connectivity index (χ2n) is 0.730. The summed E-state index contributed by atoms with van der Waals surface area (Å²) in [7, 11) is 0. The highest BCUT2D eigenvalue weighted by molar-refractivity contribution is 6.61. The van der Waals surface area contributed by atoms with E-state index in [-0.39, 0.29) is 14.0 Å². The van der Waals surface area contributed by atoms with E-state index in [2.05, 4.69) is 10.7 Å². The first-order valence-electron chi connectivity index (χ1n) is 1.53. The summed E-state index contributed by atoms with van der Waals surface area (Å²) in [6, 6.07) is 0. The molecule has 0 heterocycles. The van der Waals surface area contributed by atoms with Crippen molar-refractivity contribution in [2.24, 2.45) is 0 Å². The molecule has 0 aliphatic rings. The minimum absolute atomic E-state index is 0. The van der Waals surface area contributed by atoms with Crippen LogP contribution in [0, 0.1) is 12.3 Å². The summed E-state index contributed by atoms with van der Waals surface area (Å²) < 4.78 is 4.08. The molecular formula is C5H7ClO2. The Morgan fingerprint density at radius 1 is 1.88 bits per heavy atom. The zero-order valence-corrected chi connectivity index (χ0v) is 4.23. The van der Waals surface area contributed by atoms with Crippen LogP contribution in [0.15, 0.2) is 0 Å². The maximum absolute atomic E-state index is 9.65. The van der Waals surface area contributed by atoms with Gasteiger partial charge in [0.2, 0.25) is 0 Å². The van der Waals surface area contributed by atoms with E-state index in [1.165, 1.54) is 0 Å². The third kappa shape index (κ3) is 9.01. The maximum atomic E-state index is 9.65. The van der Waals surface area contributed by atoms with Gasteiger partial charge in [0.15, 0.2) is 6.61 Å². The summed E-state index contributed by atoms with van der Waals surface area (Å²) >= 11 is 4.70. The van der Waals surface area contributed by atoms with Crippen molar-refractivity contribution in [1.82, 2.24) is 0 Å². The Kier molecular flexibility index (Phi) is 8.16. The number of ether oxygens (including phenoxy) is 1. The normalized spacial score (nSPS) is 6.00. The molecule has 0 unspecified atom stereocenters. The van der Waals surface area contributed by atoms with Crippen LogP contribution in [-0.2, 0) is 4.74 Å². The fourth-order valence-corrected chi connectivity index (χ4v) is 0.153. The molecule has 0 saturated heterocycles. The van der Waals surface area contributed by atoms with Crippen molar-refractivity contribution in [1.29, 1.82) is 0 Å². The zero-order chi connectivity index (χ0) is 5.70. The molecule has 0 saturated carbocycles. The van der Waals surface area contributed by atoms with Crippen LogP contribution in [0.1, 0.15) is 7.43 Å². The van der Waals surface area contributed by atoms with Crippen LogP contribution in [0.25, 0.3) is 0 Å². The van der Waals surface area contributed by atoms with Crippen molar-refractivity contribution in [2.75, 3.05) is 6.61 Å². The summed E-state index contributed by atoms with van der Waals surface area (Å²) in [6.07, 6.45) is 4.69. The SMILES string of the molecule is C.C#CCOC(=O)Cl. The van der Waals surface area contributed by atoms with Crippen LogP contribution in [-0.4, -0.2) is 12.0 Å². The molecule has 0 rings (SSSR count). The second-order valence-corrected chi connectivity index (χ2v) is 1.04. The van der Waals surface area contributed by atoms with E-state index in [4.69, 9.17) is 18.0 Å². The average molecular weight is 135 g/mol. The minimum Gasteiger partial charge on any atom is -0.441 e. The topological polar surface area (TPSA) is 26.3 Å². The van der Waals surface area contributed by atoms with E-state index in [1.54, 1.807) is 0 Å². The molecule has 0 bridgehead atoms. The summed E-state index contributed by atoms with van der Waals surface area (Å²) in [6.45, 7) is -0.0532. The molecule has 46 valence electrons. The van der Waals surface area contributed by atoms with Crippen molar-refractivity contribution >= 4 is 17.0 Å². The van der Waals surface area contributed by atoms with Crippen molar-refractivity contribution in [3.8, 4) is 12.3 Å². The summed E-state index contributed by atoms with van der Waals surface area (Å²) in [5, 5.41) is 0. The number of hydrogen-bond donors (Lipinski definition) is 0. The predicted molar refractivity (Wildman–Crippen MR) is 32.8 cm³/mol. The standard InChI is InChI=1S/C4H3ClO2.CH4/c1-2-3-7-4(5)6;/h1H,3H2;1H4. The number of carbonyl (C=O) groups excluding carboxylic acids is 1. The molecule has 0 spiro atoms. The molecule has 0 aromatic heterocycles. The van der Waals surface area contributed by atoms with Gasteiger partial charge in [0, 0.05) is 11.6 Å². The Morgan fingerprint density at radius 3 is 2.50 bits per heavy atom. The first-order valence-corrected chi connectivity index (χ1v) is 1.91. The van der Waals surface area contributed by atoms with Crippen LogP contribution >= 0.6 is 11.6 Å². The number of halogens is 1. The van der Waals surface area contributed by atoms with Crippen molar-refractivity contribution in [3.05, 3.63) is 0 Å². The molecule has 0 fully saturated rings. The van der Waals surface area contributed by atoms with E-state index in [0.717, 1.165) is 0 Å². The van der Waals surface area contributed by atoms with Gasteiger partial charge >= 0.3 is 5.43 Å². The Balaban J connectivity index is 0. The van der Waals surface area contributed by atoms with Gasteiger partial charge in [-0.1, -0.05) is 13.3 Å². The molecule has 0 amide bonds. The monoisotopic (exact) mass is 134 g/mol. The molecule has 0 aliphatic heterocycles. The molecule has 0 radical (unpaired) electrons. The highest BCUT2D eigenvalue weighted by Crippen LogP contribution is 1.83. The van der Waals surface area contributed by atoms with Gasteiger partial charge in [-0.15, -0.1) is 6.42 Å². The number of hydrogen-bond acceptors (Lipinski definition) is 2. The van der Waals surface area contributed by atoms with E-state index in [9.17, 15) is 4.79 Å². The Bertz CT molecular complexity index is 103. The predicted octanol–water partition coefficient (Wildman–Crippen LogP) is 1.63. The number of carbonyl (C=O) groups is 1. The van der Waals surface area contributed by atoms with Gasteiger partial charge in [0.05, 0.1) is 0 Å². The van der Waals surface area contributed by atoms with Gasteiger partial charge < -0.3 is 4.74 Å². The first-order chi connectivity index (χ1) is 3.27. The van der Waals surface area contributed by atoms with Crippen LogP contribution in [0.4, 0.5) is 4.79 Å². The van der Waals surface area contributed by atoms with Gasteiger partial charge in [-0.25, -0.2) is 4.79 Å². The zero-order valence-electron chi connectivity index (χ0n) is 3.48. The van der Waals surface area contributed by atoms with Crippen molar-refractivity contribution in [2.45, 2.75) is 7.43 Å². The van der Waals surface area contributed by atoms with Gasteiger partial charge in [-0.05, 0) is 0 Å². The molecular weight excluding hydrogens is 128 g/mol. The Hall–Kier alpha value is -0.680. The number of terminal acetylenes is 1. The quantitative estimate of drug-likeness (QED) is 0.403. The number of rotatable bonds is 1. The maximum Gasteiger partial charge on any atom is 0.404 e. The van der Waals surface area contributed by atoms with Gasteiger partial charge in [-0.2, -0.15) is 0 Å². The lowest BCUT2D eigenvalue weighted by Gasteiger charge is -1.86. The van der Waals surface area contributed by atoms with Crippen LogP contribution < -0.4 is 0 Å². The fourth-order valence-electron chi connectivity index (χ4n) is 0.0984. The third-order valence-electron chi connectivity index (χ3n) is 0.269. The second kappa shape index (κ2) is 6.32. The molecule has 0 aliphatic carbocycles. The van der Waals surface area contributed by atoms with Crippen LogP contribution in [0.3, 0.4) is 0 Å². The van der Waals surface area contributed by atoms with Gasteiger partial charge in [0.25, 0.3) is 0 Å². The molecule has 8 heavy (non-hydrogen) atoms. The van der Waals surface area contributed by atoms with Crippen LogP contribution in [0.5, 0.6) is 0 Å². The first kappa shape index (κ1) is 10.3. The van der Waals surface area contributed by atoms with E-state index >= 15 is 0 Å². The summed E-state index contributed by atoms with van der Waals surface area (Å²) in [5.41, 5.74) is -0.863. The lowest BCUT2D eigenvalue weighted by atomic mass is 10.8. The molecule has 2 nitrogen and oxygen atoms in total. The van der Waals surface area contributed by atoms with Gasteiger partial charge in [-0.3, -0.25) is 0 Å². The summed E-state index contributed by atoms with van der Waals surface area (Å²) in [5.74, 6) is 2.07. The molecule has 0 atom stereocenters. The molecule has 0 aromatic rings. The van der Waals surface area contributed by atoms with Crippen LogP contribution in [0.2, 0.25) is 0 Å². The third-order valence-corrected chi connectivity index (χ3v) is 0.378. The smallest absolute Gasteiger partial charge is 0.404 e. The highest BCUT2D eigenvalue weighted by Gasteiger charge is 1.87. The lowest BCUT2D eigenvalue weighted by molar-refractivity contribution is 0.188. The Labute approximate surface area is 53.8 Å². The Morgan fingerprint density at radius 2 is 2.38 bits per heavy atom. The van der Waals surface area contributed by atoms with Crippen molar-refractivity contribution < 1.29 is 9.53 Å². The summed E-state index contributed by atoms with van der Waals surface area (Å²) in [4.78, 5) is 9.65. The molecule has 0 N–H and O–H groups in total. The average Bonchev–Trinajstić information content (AvgIpc) is 1.61. The van der Waals surface area contributed by atoms with Crippen molar-refractivity contribution in [3.63, 3.8) is 0 Å². The molecule has 3 heteroatoms.